The van der Waals surface area contributed by atoms with Gasteiger partial charge in [-0.25, -0.2) is 4.98 Å². The number of carbonyl (C=O) groups is 2. The topological polar surface area (TPSA) is 62.3 Å². The number of aryl methyl sites for hydroxylation is 1. The zero-order valence-corrected chi connectivity index (χ0v) is 16.3. The van der Waals surface area contributed by atoms with Gasteiger partial charge in [0.2, 0.25) is 0 Å². The van der Waals surface area contributed by atoms with Gasteiger partial charge in [-0.1, -0.05) is 24.3 Å². The highest BCUT2D eigenvalue weighted by molar-refractivity contribution is 6.06. The molecule has 0 atom stereocenters. The van der Waals surface area contributed by atoms with Crippen molar-refractivity contribution in [2.75, 3.05) is 16.8 Å². The molecule has 0 saturated heterocycles. The summed E-state index contributed by atoms with van der Waals surface area (Å²) in [5, 5.41) is 3.16. The summed E-state index contributed by atoms with van der Waals surface area (Å²) >= 11 is 0. The number of Topliss-reactive ketones (excluding diaryl/α,β-unsaturated/α-hetero) is 1. The van der Waals surface area contributed by atoms with Crippen molar-refractivity contribution in [3.8, 4) is 0 Å². The fourth-order valence-corrected chi connectivity index (χ4v) is 2.95. The van der Waals surface area contributed by atoms with Gasteiger partial charge in [-0.15, -0.1) is 0 Å². The SMILES string of the molecule is CCN(C(=O)c1ccc(Nc2cccc(C(C)=O)c2)nc1)c1cccc(C)c1. The van der Waals surface area contributed by atoms with Crippen molar-refractivity contribution in [3.63, 3.8) is 0 Å². The maximum atomic E-state index is 12.9. The number of ketones is 1. The number of pyridine rings is 1. The van der Waals surface area contributed by atoms with E-state index in [0.29, 0.717) is 23.5 Å². The molecule has 1 heterocycles. The quantitative estimate of drug-likeness (QED) is 0.618. The largest absolute Gasteiger partial charge is 0.340 e. The molecule has 5 nitrogen and oxygen atoms in total. The maximum absolute atomic E-state index is 12.9. The second-order valence-electron chi connectivity index (χ2n) is 6.58. The van der Waals surface area contributed by atoms with Crippen LogP contribution in [-0.2, 0) is 0 Å². The Morgan fingerprint density at radius 2 is 1.79 bits per heavy atom. The second kappa shape index (κ2) is 8.48. The van der Waals surface area contributed by atoms with Crippen molar-refractivity contribution in [2.24, 2.45) is 0 Å². The Kier molecular flexibility index (Phi) is 5.84. The lowest BCUT2D eigenvalue weighted by atomic mass is 10.1. The van der Waals surface area contributed by atoms with E-state index < -0.39 is 0 Å². The predicted molar refractivity (Wildman–Crippen MR) is 112 cm³/mol. The number of nitrogens with zero attached hydrogens (tertiary/aromatic N) is 2. The van der Waals surface area contributed by atoms with Gasteiger partial charge in [-0.2, -0.15) is 0 Å². The normalized spacial score (nSPS) is 10.4. The van der Waals surface area contributed by atoms with Gasteiger partial charge in [0.25, 0.3) is 5.91 Å². The molecule has 0 fully saturated rings. The van der Waals surface area contributed by atoms with Crippen molar-refractivity contribution >= 4 is 28.9 Å². The molecule has 0 spiro atoms. The molecule has 2 aromatic carbocycles. The monoisotopic (exact) mass is 373 g/mol. The zero-order chi connectivity index (χ0) is 20.1. The number of benzene rings is 2. The number of anilines is 3. The summed E-state index contributed by atoms with van der Waals surface area (Å²) in [4.78, 5) is 30.5. The van der Waals surface area contributed by atoms with E-state index >= 15 is 0 Å². The van der Waals surface area contributed by atoms with Crippen LogP contribution in [0.3, 0.4) is 0 Å². The molecule has 28 heavy (non-hydrogen) atoms. The fraction of sp³-hybridized carbons (Fsp3) is 0.174. The Labute approximate surface area is 165 Å². The van der Waals surface area contributed by atoms with E-state index in [-0.39, 0.29) is 11.7 Å². The van der Waals surface area contributed by atoms with Crippen molar-refractivity contribution in [3.05, 3.63) is 83.6 Å². The Morgan fingerprint density at radius 3 is 2.43 bits per heavy atom. The molecule has 3 rings (SSSR count). The molecular weight excluding hydrogens is 350 g/mol. The number of carbonyl (C=O) groups excluding carboxylic acids is 2. The highest BCUT2D eigenvalue weighted by atomic mass is 16.2. The lowest BCUT2D eigenvalue weighted by molar-refractivity contribution is 0.0985. The molecule has 1 aromatic heterocycles. The molecule has 0 radical (unpaired) electrons. The molecule has 0 bridgehead atoms. The Bertz CT molecular complexity index is 997. The smallest absolute Gasteiger partial charge is 0.259 e. The molecule has 0 unspecified atom stereocenters. The molecule has 5 heteroatoms. The summed E-state index contributed by atoms with van der Waals surface area (Å²) < 4.78 is 0. The lowest BCUT2D eigenvalue weighted by Crippen LogP contribution is -2.30. The standard InChI is InChI=1S/C23H23N3O2/c1-4-26(21-10-5-7-16(2)13-21)23(28)19-11-12-22(24-15-19)25-20-9-6-8-18(14-20)17(3)27/h5-15H,4H2,1-3H3,(H,24,25). The lowest BCUT2D eigenvalue weighted by Gasteiger charge is -2.21. The molecule has 142 valence electrons. The van der Waals surface area contributed by atoms with Crippen LogP contribution >= 0.6 is 0 Å². The van der Waals surface area contributed by atoms with Gasteiger partial charge >= 0.3 is 0 Å². The molecule has 0 aliphatic heterocycles. The van der Waals surface area contributed by atoms with Crippen LogP contribution in [0.5, 0.6) is 0 Å². The fourth-order valence-electron chi connectivity index (χ4n) is 2.95. The summed E-state index contributed by atoms with van der Waals surface area (Å²) in [6, 6.07) is 18.6. The molecule has 0 aliphatic rings. The van der Waals surface area contributed by atoms with Crippen molar-refractivity contribution in [1.29, 1.82) is 0 Å². The van der Waals surface area contributed by atoms with Crippen LogP contribution < -0.4 is 10.2 Å². The maximum Gasteiger partial charge on any atom is 0.259 e. The molecular formula is C23H23N3O2. The minimum Gasteiger partial charge on any atom is -0.340 e. The van der Waals surface area contributed by atoms with E-state index in [1.165, 1.54) is 6.92 Å². The van der Waals surface area contributed by atoms with Gasteiger partial charge in [0, 0.05) is 29.7 Å². The van der Waals surface area contributed by atoms with Crippen LogP contribution in [-0.4, -0.2) is 23.2 Å². The first-order chi connectivity index (χ1) is 13.5. The van der Waals surface area contributed by atoms with E-state index in [1.807, 2.05) is 50.2 Å². The van der Waals surface area contributed by atoms with Gasteiger partial charge in [-0.05, 0) is 62.7 Å². The molecule has 3 aromatic rings. The number of hydrogen-bond acceptors (Lipinski definition) is 4. The second-order valence-corrected chi connectivity index (χ2v) is 6.58. The van der Waals surface area contributed by atoms with E-state index in [9.17, 15) is 9.59 Å². The summed E-state index contributed by atoms with van der Waals surface area (Å²) in [5.41, 5.74) is 3.90. The first-order valence-electron chi connectivity index (χ1n) is 9.20. The van der Waals surface area contributed by atoms with Crippen LogP contribution in [0.25, 0.3) is 0 Å². The van der Waals surface area contributed by atoms with Gasteiger partial charge in [0.1, 0.15) is 5.82 Å². The third-order valence-corrected chi connectivity index (χ3v) is 4.43. The summed E-state index contributed by atoms with van der Waals surface area (Å²) in [6.07, 6.45) is 1.57. The third-order valence-electron chi connectivity index (χ3n) is 4.43. The molecule has 1 N–H and O–H groups in total. The van der Waals surface area contributed by atoms with Gasteiger partial charge in [-0.3, -0.25) is 9.59 Å². The van der Waals surface area contributed by atoms with Crippen LogP contribution in [0, 0.1) is 6.92 Å². The van der Waals surface area contributed by atoms with E-state index in [1.54, 1.807) is 35.4 Å². The Hall–Kier alpha value is -3.47. The molecule has 1 amide bonds. The van der Waals surface area contributed by atoms with E-state index in [0.717, 1.165) is 16.9 Å². The minimum absolute atomic E-state index is 0.00774. The average Bonchev–Trinajstić information content (AvgIpc) is 2.69. The van der Waals surface area contributed by atoms with Gasteiger partial charge in [0.15, 0.2) is 5.78 Å². The van der Waals surface area contributed by atoms with Crippen LogP contribution in [0.2, 0.25) is 0 Å². The third kappa shape index (κ3) is 4.43. The number of amides is 1. The zero-order valence-electron chi connectivity index (χ0n) is 16.3. The van der Waals surface area contributed by atoms with E-state index in [4.69, 9.17) is 0 Å². The molecule has 0 aliphatic carbocycles. The number of hydrogen-bond donors (Lipinski definition) is 1. The average molecular weight is 373 g/mol. The predicted octanol–water partition coefficient (Wildman–Crippen LogP) is 5.00. The Balaban J connectivity index is 1.77. The van der Waals surface area contributed by atoms with Crippen molar-refractivity contribution < 1.29 is 9.59 Å². The highest BCUT2D eigenvalue weighted by Crippen LogP contribution is 2.20. The first kappa shape index (κ1) is 19.3. The molecule has 0 saturated carbocycles. The van der Waals surface area contributed by atoms with Crippen molar-refractivity contribution in [1.82, 2.24) is 4.98 Å². The summed E-state index contributed by atoms with van der Waals surface area (Å²) in [7, 11) is 0. The minimum atomic E-state index is -0.0919. The number of aromatic nitrogens is 1. The van der Waals surface area contributed by atoms with E-state index in [2.05, 4.69) is 10.3 Å². The first-order valence-corrected chi connectivity index (χ1v) is 9.20. The number of rotatable bonds is 6. The van der Waals surface area contributed by atoms with Crippen LogP contribution in [0.4, 0.5) is 17.2 Å². The van der Waals surface area contributed by atoms with Gasteiger partial charge < -0.3 is 10.2 Å². The van der Waals surface area contributed by atoms with Crippen molar-refractivity contribution in [2.45, 2.75) is 20.8 Å². The summed E-state index contributed by atoms with van der Waals surface area (Å²) in [6.45, 7) is 6.06. The summed E-state index contributed by atoms with van der Waals surface area (Å²) in [5.74, 6) is 0.523. The Morgan fingerprint density at radius 1 is 1.00 bits per heavy atom. The highest BCUT2D eigenvalue weighted by Gasteiger charge is 2.16. The van der Waals surface area contributed by atoms with Gasteiger partial charge in [0.05, 0.1) is 5.56 Å². The number of nitrogens with one attached hydrogen (secondary N) is 1. The van der Waals surface area contributed by atoms with Crippen LogP contribution in [0.1, 0.15) is 40.1 Å². The van der Waals surface area contributed by atoms with Crippen LogP contribution in [0.15, 0.2) is 66.9 Å².